The average molecular weight is 315 g/mol. The molecule has 2 aliphatic heterocycles. The number of carbonyl (C=O) groups is 2. The monoisotopic (exact) mass is 315 g/mol. The summed E-state index contributed by atoms with van der Waals surface area (Å²) in [5, 5.41) is 6.32. The lowest BCUT2D eigenvalue weighted by molar-refractivity contribution is -0.132. The lowest BCUT2D eigenvalue weighted by atomic mass is 10.0. The second-order valence-corrected chi connectivity index (χ2v) is 6.62. The number of hydrogen-bond acceptors (Lipinski definition) is 3. The number of nitrogens with zero attached hydrogens (tertiary/aromatic N) is 1. The summed E-state index contributed by atoms with van der Waals surface area (Å²) in [7, 11) is 0. The summed E-state index contributed by atoms with van der Waals surface area (Å²) >= 11 is 0. The number of nitrogens with one attached hydrogen (secondary N) is 2. The molecule has 2 fully saturated rings. The van der Waals surface area contributed by atoms with Crippen LogP contribution in [0.3, 0.4) is 0 Å². The standard InChI is InChI=1S/C18H25N3O2/c1-13-6-2-3-7-15(13)17(22)20-12-14-10-16(19-11-14)18(23)21-8-4-5-9-21/h2-3,6-7,14,16,19H,4-5,8-12H2,1H3,(H,20,22). The maximum atomic E-state index is 12.4. The van der Waals surface area contributed by atoms with E-state index >= 15 is 0 Å². The molecule has 0 bridgehead atoms. The van der Waals surface area contributed by atoms with E-state index in [1.807, 2.05) is 36.1 Å². The number of hydrogen-bond donors (Lipinski definition) is 2. The Kier molecular flexibility index (Phi) is 4.96. The number of likely N-dealkylation sites (tertiary alicyclic amines) is 1. The molecule has 0 aliphatic carbocycles. The van der Waals surface area contributed by atoms with Crippen molar-refractivity contribution in [1.82, 2.24) is 15.5 Å². The summed E-state index contributed by atoms with van der Waals surface area (Å²) < 4.78 is 0. The van der Waals surface area contributed by atoms with Crippen LogP contribution in [0.2, 0.25) is 0 Å². The van der Waals surface area contributed by atoms with Gasteiger partial charge in [0.15, 0.2) is 0 Å². The van der Waals surface area contributed by atoms with E-state index in [1.54, 1.807) is 0 Å². The predicted molar refractivity (Wildman–Crippen MR) is 89.2 cm³/mol. The largest absolute Gasteiger partial charge is 0.352 e. The first kappa shape index (κ1) is 16.0. The van der Waals surface area contributed by atoms with Gasteiger partial charge in [-0.1, -0.05) is 18.2 Å². The number of amides is 2. The molecule has 2 N–H and O–H groups in total. The van der Waals surface area contributed by atoms with Gasteiger partial charge in [-0.3, -0.25) is 9.59 Å². The van der Waals surface area contributed by atoms with Crippen molar-refractivity contribution in [3.8, 4) is 0 Å². The van der Waals surface area contributed by atoms with Crippen LogP contribution in [0.15, 0.2) is 24.3 Å². The summed E-state index contributed by atoms with van der Waals surface area (Å²) in [5.41, 5.74) is 1.71. The van der Waals surface area contributed by atoms with Gasteiger partial charge < -0.3 is 15.5 Å². The van der Waals surface area contributed by atoms with E-state index in [1.165, 1.54) is 0 Å². The van der Waals surface area contributed by atoms with Gasteiger partial charge in [0, 0.05) is 31.7 Å². The Morgan fingerprint density at radius 3 is 2.74 bits per heavy atom. The first-order valence-electron chi connectivity index (χ1n) is 8.51. The second-order valence-electron chi connectivity index (χ2n) is 6.62. The topological polar surface area (TPSA) is 61.4 Å². The second kappa shape index (κ2) is 7.13. The van der Waals surface area contributed by atoms with Gasteiger partial charge in [0.1, 0.15) is 0 Å². The number of rotatable bonds is 4. The van der Waals surface area contributed by atoms with Gasteiger partial charge in [-0.15, -0.1) is 0 Å². The predicted octanol–water partition coefficient (Wildman–Crippen LogP) is 1.33. The molecule has 0 aromatic heterocycles. The molecule has 2 unspecified atom stereocenters. The number of benzene rings is 1. The zero-order chi connectivity index (χ0) is 16.2. The summed E-state index contributed by atoms with van der Waals surface area (Å²) in [4.78, 5) is 26.6. The molecule has 5 nitrogen and oxygen atoms in total. The fourth-order valence-electron chi connectivity index (χ4n) is 3.47. The van der Waals surface area contributed by atoms with E-state index in [-0.39, 0.29) is 17.9 Å². The van der Waals surface area contributed by atoms with Crippen LogP contribution in [0, 0.1) is 12.8 Å². The van der Waals surface area contributed by atoms with Gasteiger partial charge in [-0.2, -0.15) is 0 Å². The summed E-state index contributed by atoms with van der Waals surface area (Å²) in [6, 6.07) is 7.52. The smallest absolute Gasteiger partial charge is 0.251 e. The van der Waals surface area contributed by atoms with E-state index in [2.05, 4.69) is 10.6 Å². The molecule has 0 saturated carbocycles. The van der Waals surface area contributed by atoms with Crippen LogP contribution < -0.4 is 10.6 Å². The van der Waals surface area contributed by atoms with E-state index in [4.69, 9.17) is 0 Å². The molecule has 2 atom stereocenters. The highest BCUT2D eigenvalue weighted by Crippen LogP contribution is 2.18. The minimum atomic E-state index is -0.0755. The van der Waals surface area contributed by atoms with Crippen LogP contribution >= 0.6 is 0 Å². The molecule has 0 spiro atoms. The first-order chi connectivity index (χ1) is 11.1. The zero-order valence-electron chi connectivity index (χ0n) is 13.7. The molecule has 1 aromatic rings. The van der Waals surface area contributed by atoms with Gasteiger partial charge in [-0.05, 0) is 43.7 Å². The molecule has 3 rings (SSSR count). The van der Waals surface area contributed by atoms with E-state index in [9.17, 15) is 9.59 Å². The highest BCUT2D eigenvalue weighted by atomic mass is 16.2. The van der Waals surface area contributed by atoms with E-state index in [0.29, 0.717) is 12.5 Å². The minimum absolute atomic E-state index is 0.0302. The van der Waals surface area contributed by atoms with Crippen molar-refractivity contribution in [2.45, 2.75) is 32.2 Å². The Morgan fingerprint density at radius 1 is 1.26 bits per heavy atom. The zero-order valence-corrected chi connectivity index (χ0v) is 13.7. The van der Waals surface area contributed by atoms with Crippen molar-refractivity contribution in [2.75, 3.05) is 26.2 Å². The van der Waals surface area contributed by atoms with Crippen molar-refractivity contribution in [3.05, 3.63) is 35.4 Å². The Balaban J connectivity index is 1.47. The lowest BCUT2D eigenvalue weighted by Crippen LogP contribution is -2.42. The Morgan fingerprint density at radius 2 is 2.00 bits per heavy atom. The maximum absolute atomic E-state index is 12.4. The molecule has 2 amide bonds. The quantitative estimate of drug-likeness (QED) is 0.881. The SMILES string of the molecule is Cc1ccccc1C(=O)NCC1CNC(C(=O)N2CCCC2)C1. The van der Waals surface area contributed by atoms with E-state index in [0.717, 1.165) is 50.0 Å². The number of aryl methyl sites for hydroxylation is 1. The molecule has 0 radical (unpaired) electrons. The summed E-state index contributed by atoms with van der Waals surface area (Å²) in [6.07, 6.45) is 3.05. The van der Waals surface area contributed by atoms with Gasteiger partial charge in [0.2, 0.25) is 5.91 Å². The molecular weight excluding hydrogens is 290 g/mol. The fraction of sp³-hybridized carbons (Fsp3) is 0.556. The highest BCUT2D eigenvalue weighted by molar-refractivity contribution is 5.95. The van der Waals surface area contributed by atoms with Crippen molar-refractivity contribution in [3.63, 3.8) is 0 Å². The van der Waals surface area contributed by atoms with Crippen molar-refractivity contribution in [2.24, 2.45) is 5.92 Å². The molecule has 2 aliphatic rings. The Labute approximate surface area is 137 Å². The average Bonchev–Trinajstić information content (AvgIpc) is 3.24. The molecule has 23 heavy (non-hydrogen) atoms. The molecule has 5 heteroatoms. The summed E-state index contributed by atoms with van der Waals surface area (Å²) in [6.45, 7) is 5.14. The van der Waals surface area contributed by atoms with Crippen LogP contribution in [0.4, 0.5) is 0 Å². The number of carbonyl (C=O) groups excluding carboxylic acids is 2. The van der Waals surface area contributed by atoms with Crippen molar-refractivity contribution >= 4 is 11.8 Å². The third-order valence-electron chi connectivity index (χ3n) is 4.88. The Bertz CT molecular complexity index is 581. The minimum Gasteiger partial charge on any atom is -0.352 e. The molecule has 124 valence electrons. The van der Waals surface area contributed by atoms with E-state index < -0.39 is 0 Å². The van der Waals surface area contributed by atoms with Crippen LogP contribution in [0.25, 0.3) is 0 Å². The van der Waals surface area contributed by atoms with Crippen LogP contribution in [-0.2, 0) is 4.79 Å². The van der Waals surface area contributed by atoms with Gasteiger partial charge in [-0.25, -0.2) is 0 Å². The molecule has 2 heterocycles. The molecule has 1 aromatic carbocycles. The third kappa shape index (κ3) is 3.72. The maximum Gasteiger partial charge on any atom is 0.251 e. The molecular formula is C18H25N3O2. The molecule has 2 saturated heterocycles. The van der Waals surface area contributed by atoms with Gasteiger partial charge in [0.05, 0.1) is 6.04 Å². The highest BCUT2D eigenvalue weighted by Gasteiger charge is 2.33. The lowest BCUT2D eigenvalue weighted by Gasteiger charge is -2.20. The Hall–Kier alpha value is -1.88. The van der Waals surface area contributed by atoms with Crippen LogP contribution in [0.1, 0.15) is 35.2 Å². The van der Waals surface area contributed by atoms with Crippen LogP contribution in [0.5, 0.6) is 0 Å². The van der Waals surface area contributed by atoms with Gasteiger partial charge >= 0.3 is 0 Å². The summed E-state index contributed by atoms with van der Waals surface area (Å²) in [5.74, 6) is 0.521. The van der Waals surface area contributed by atoms with Crippen LogP contribution in [-0.4, -0.2) is 48.9 Å². The third-order valence-corrected chi connectivity index (χ3v) is 4.88. The first-order valence-corrected chi connectivity index (χ1v) is 8.51. The normalized spacial score (nSPS) is 24.0. The van der Waals surface area contributed by atoms with Gasteiger partial charge in [0.25, 0.3) is 5.91 Å². The van der Waals surface area contributed by atoms with Crippen molar-refractivity contribution in [1.29, 1.82) is 0 Å². The van der Waals surface area contributed by atoms with Crippen molar-refractivity contribution < 1.29 is 9.59 Å². The fourth-order valence-corrected chi connectivity index (χ4v) is 3.47.